The van der Waals surface area contributed by atoms with E-state index >= 15 is 0 Å². The van der Waals surface area contributed by atoms with Gasteiger partial charge in [0.15, 0.2) is 0 Å². The molecule has 0 saturated carbocycles. The Bertz CT molecular complexity index is 373. The number of anilines is 2. The van der Waals surface area contributed by atoms with Gasteiger partial charge in [0.2, 0.25) is 0 Å². The lowest BCUT2D eigenvalue weighted by Gasteiger charge is -2.16. The highest BCUT2D eigenvalue weighted by Crippen LogP contribution is 2.23. The molecule has 2 N–H and O–H groups in total. The molecule has 0 aliphatic carbocycles. The van der Waals surface area contributed by atoms with Crippen LogP contribution in [0.1, 0.15) is 0 Å². The lowest BCUT2D eigenvalue weighted by Crippen LogP contribution is -2.10. The van der Waals surface area contributed by atoms with Gasteiger partial charge >= 0.3 is 5.97 Å². The van der Waals surface area contributed by atoms with Crippen molar-refractivity contribution in [3.8, 4) is 0 Å². The van der Waals surface area contributed by atoms with Gasteiger partial charge in [-0.25, -0.2) is 4.79 Å². The molecule has 1 aromatic carbocycles. The number of carboxylic acid groups (broad SMARTS) is 1. The summed E-state index contributed by atoms with van der Waals surface area (Å²) in [5.74, 6) is -0.968. The molecule has 0 atom stereocenters. The molecule has 0 aliphatic rings. The van der Waals surface area contributed by atoms with Gasteiger partial charge in [-0.05, 0) is 12.1 Å². The fourth-order valence-electron chi connectivity index (χ4n) is 1.19. The first-order valence-electron chi connectivity index (χ1n) is 4.53. The lowest BCUT2D eigenvalue weighted by atomic mass is 10.2. The Morgan fingerprint density at radius 1 is 1.40 bits per heavy atom. The van der Waals surface area contributed by atoms with Gasteiger partial charge in [-0.2, -0.15) is 0 Å². The fraction of sp³-hybridized carbons (Fsp3) is 0.182. The summed E-state index contributed by atoms with van der Waals surface area (Å²) in [5.41, 5.74) is 1.88. The molecule has 0 heterocycles. The highest BCUT2D eigenvalue weighted by atomic mass is 16.4. The number of benzene rings is 1. The van der Waals surface area contributed by atoms with Crippen molar-refractivity contribution >= 4 is 17.3 Å². The summed E-state index contributed by atoms with van der Waals surface area (Å²) >= 11 is 0. The van der Waals surface area contributed by atoms with E-state index in [0.717, 1.165) is 17.5 Å². The zero-order valence-corrected chi connectivity index (χ0v) is 8.77. The molecule has 0 aromatic heterocycles. The largest absolute Gasteiger partial charge is 0.478 e. The number of hydrogen-bond acceptors (Lipinski definition) is 3. The quantitative estimate of drug-likeness (QED) is 0.737. The van der Waals surface area contributed by atoms with Gasteiger partial charge in [-0.15, -0.1) is 0 Å². The normalized spacial score (nSPS) is 10.3. The minimum Gasteiger partial charge on any atom is -0.478 e. The molecule has 0 aliphatic heterocycles. The Labute approximate surface area is 88.8 Å². The average molecular weight is 206 g/mol. The minimum atomic E-state index is -0.968. The Balaban J connectivity index is 2.80. The maximum absolute atomic E-state index is 10.3. The van der Waals surface area contributed by atoms with Gasteiger partial charge in [-0.3, -0.25) is 0 Å². The Hall–Kier alpha value is -1.97. The number of carbonyl (C=O) groups is 1. The van der Waals surface area contributed by atoms with Crippen LogP contribution in [0.3, 0.4) is 0 Å². The highest BCUT2D eigenvalue weighted by molar-refractivity contribution is 5.80. The molecule has 0 radical (unpaired) electrons. The monoisotopic (exact) mass is 206 g/mol. The maximum atomic E-state index is 10.3. The third-order valence-corrected chi connectivity index (χ3v) is 1.85. The first kappa shape index (κ1) is 11.1. The summed E-state index contributed by atoms with van der Waals surface area (Å²) in [5, 5.41) is 11.4. The van der Waals surface area contributed by atoms with Gasteiger partial charge in [-0.1, -0.05) is 12.1 Å². The van der Waals surface area contributed by atoms with Gasteiger partial charge < -0.3 is 15.3 Å². The zero-order valence-electron chi connectivity index (χ0n) is 8.77. The molecule has 4 nitrogen and oxygen atoms in total. The van der Waals surface area contributed by atoms with Crippen LogP contribution in [0, 0.1) is 0 Å². The zero-order chi connectivity index (χ0) is 11.3. The Morgan fingerprint density at radius 3 is 2.67 bits per heavy atom. The number of rotatable bonds is 4. The SMILES string of the molecule is CN(C)c1ccccc1N/C=C/C(=O)O. The average Bonchev–Trinajstić information content (AvgIpc) is 2.17. The van der Waals surface area contributed by atoms with Gasteiger partial charge in [0.05, 0.1) is 11.4 Å². The number of nitrogens with one attached hydrogen (secondary N) is 1. The molecular weight excluding hydrogens is 192 g/mol. The summed E-state index contributed by atoms with van der Waals surface area (Å²) in [6, 6.07) is 7.67. The van der Waals surface area contributed by atoms with Crippen molar-refractivity contribution in [3.05, 3.63) is 36.5 Å². The van der Waals surface area contributed by atoms with E-state index in [9.17, 15) is 4.79 Å². The van der Waals surface area contributed by atoms with Crippen molar-refractivity contribution in [2.45, 2.75) is 0 Å². The fourth-order valence-corrected chi connectivity index (χ4v) is 1.19. The first-order valence-corrected chi connectivity index (χ1v) is 4.53. The van der Waals surface area contributed by atoms with E-state index in [2.05, 4.69) is 5.32 Å². The van der Waals surface area contributed by atoms with Crippen LogP contribution in [-0.4, -0.2) is 25.2 Å². The number of para-hydroxylation sites is 2. The molecule has 80 valence electrons. The van der Waals surface area contributed by atoms with Gasteiger partial charge in [0.25, 0.3) is 0 Å². The second-order valence-electron chi connectivity index (χ2n) is 3.23. The summed E-state index contributed by atoms with van der Waals surface area (Å²) in [6.07, 6.45) is 2.47. The molecule has 15 heavy (non-hydrogen) atoms. The van der Waals surface area contributed by atoms with Crippen molar-refractivity contribution in [1.29, 1.82) is 0 Å². The van der Waals surface area contributed by atoms with E-state index in [4.69, 9.17) is 5.11 Å². The molecule has 4 heteroatoms. The maximum Gasteiger partial charge on any atom is 0.329 e. The van der Waals surface area contributed by atoms with Crippen molar-refractivity contribution < 1.29 is 9.90 Å². The molecule has 0 bridgehead atoms. The second kappa shape index (κ2) is 5.05. The summed E-state index contributed by atoms with van der Waals surface area (Å²) in [4.78, 5) is 12.2. The molecule has 1 rings (SSSR count). The molecule has 0 saturated heterocycles. The van der Waals surface area contributed by atoms with Crippen LogP contribution in [0.5, 0.6) is 0 Å². The van der Waals surface area contributed by atoms with Gasteiger partial charge in [0, 0.05) is 26.4 Å². The van der Waals surface area contributed by atoms with Crippen LogP contribution >= 0.6 is 0 Å². The number of aliphatic carboxylic acids is 1. The number of nitrogens with zero attached hydrogens (tertiary/aromatic N) is 1. The molecule has 0 fully saturated rings. The van der Waals surface area contributed by atoms with E-state index in [1.54, 1.807) is 0 Å². The standard InChI is InChI=1S/C11H14N2O2/c1-13(2)10-6-4-3-5-9(10)12-8-7-11(14)15/h3-8,12H,1-2H3,(H,14,15)/b8-7+. The molecule has 0 spiro atoms. The summed E-state index contributed by atoms with van der Waals surface area (Å²) < 4.78 is 0. The predicted molar refractivity (Wildman–Crippen MR) is 61.2 cm³/mol. The number of carboxylic acids is 1. The molecule has 0 unspecified atom stereocenters. The van der Waals surface area contributed by atoms with Crippen LogP contribution in [0.25, 0.3) is 0 Å². The van der Waals surface area contributed by atoms with E-state index in [1.165, 1.54) is 6.20 Å². The van der Waals surface area contributed by atoms with Crippen LogP contribution in [0.4, 0.5) is 11.4 Å². The van der Waals surface area contributed by atoms with Crippen molar-refractivity contribution in [2.75, 3.05) is 24.3 Å². The smallest absolute Gasteiger partial charge is 0.329 e. The third-order valence-electron chi connectivity index (χ3n) is 1.85. The predicted octanol–water partition coefficient (Wildman–Crippen LogP) is 1.76. The summed E-state index contributed by atoms with van der Waals surface area (Å²) in [6.45, 7) is 0. The first-order chi connectivity index (χ1) is 7.11. The third kappa shape index (κ3) is 3.34. The van der Waals surface area contributed by atoms with Gasteiger partial charge in [0.1, 0.15) is 0 Å². The molecule has 0 amide bonds. The minimum absolute atomic E-state index is 0.875. The second-order valence-corrected chi connectivity index (χ2v) is 3.23. The molecule has 1 aromatic rings. The van der Waals surface area contributed by atoms with Crippen LogP contribution in [0.2, 0.25) is 0 Å². The van der Waals surface area contributed by atoms with Crippen LogP contribution in [0.15, 0.2) is 36.5 Å². The Kier molecular flexibility index (Phi) is 3.74. The van der Waals surface area contributed by atoms with E-state index in [-0.39, 0.29) is 0 Å². The molecular formula is C11H14N2O2. The summed E-state index contributed by atoms with van der Waals surface area (Å²) in [7, 11) is 3.86. The topological polar surface area (TPSA) is 52.6 Å². The van der Waals surface area contributed by atoms with E-state index in [0.29, 0.717) is 0 Å². The van der Waals surface area contributed by atoms with Crippen LogP contribution in [-0.2, 0) is 4.79 Å². The van der Waals surface area contributed by atoms with E-state index < -0.39 is 5.97 Å². The number of hydrogen-bond donors (Lipinski definition) is 2. The van der Waals surface area contributed by atoms with E-state index in [1.807, 2.05) is 43.3 Å². The lowest BCUT2D eigenvalue weighted by molar-refractivity contribution is -0.131. The van der Waals surface area contributed by atoms with Crippen molar-refractivity contribution in [1.82, 2.24) is 0 Å². The highest BCUT2D eigenvalue weighted by Gasteiger charge is 2.00. The van der Waals surface area contributed by atoms with Crippen molar-refractivity contribution in [2.24, 2.45) is 0 Å². The van der Waals surface area contributed by atoms with Crippen LogP contribution < -0.4 is 10.2 Å². The Morgan fingerprint density at radius 2 is 2.07 bits per heavy atom. The van der Waals surface area contributed by atoms with Crippen molar-refractivity contribution in [3.63, 3.8) is 0 Å².